The normalized spacial score (nSPS) is 23.3. The summed E-state index contributed by atoms with van der Waals surface area (Å²) < 4.78 is 5.11. The first-order valence-electron chi connectivity index (χ1n) is 7.42. The van der Waals surface area contributed by atoms with Crippen LogP contribution in [0, 0.1) is 5.92 Å². The largest absolute Gasteiger partial charge is 0.481 e. The molecule has 1 fully saturated rings. The summed E-state index contributed by atoms with van der Waals surface area (Å²) >= 11 is 0. The van der Waals surface area contributed by atoms with Crippen LogP contribution in [-0.4, -0.2) is 42.4 Å². The fourth-order valence-corrected chi connectivity index (χ4v) is 2.32. The van der Waals surface area contributed by atoms with Gasteiger partial charge in [0, 0.05) is 6.04 Å². The summed E-state index contributed by atoms with van der Waals surface area (Å²) in [4.78, 5) is 22.8. The van der Waals surface area contributed by atoms with Crippen molar-refractivity contribution >= 4 is 12.0 Å². The predicted octanol–water partition coefficient (Wildman–Crippen LogP) is 1.74. The molecule has 0 saturated carbocycles. The minimum atomic E-state index is -0.930. The van der Waals surface area contributed by atoms with Crippen molar-refractivity contribution in [1.29, 1.82) is 0 Å². The van der Waals surface area contributed by atoms with Crippen LogP contribution in [0.25, 0.3) is 0 Å². The van der Waals surface area contributed by atoms with Crippen LogP contribution in [0.15, 0.2) is 0 Å². The standard InChI is InChI=1S/C14H26N2O4/c1-3-4-5-6-7-10(2)15-14(19)16-12-9-20-8-11(12)13(17)18/h10-12H,3-9H2,1-2H3,(H,17,18)(H2,15,16,19). The number of urea groups is 1. The minimum absolute atomic E-state index is 0.0949. The van der Waals surface area contributed by atoms with Gasteiger partial charge in [0.1, 0.15) is 5.92 Å². The Morgan fingerprint density at radius 3 is 2.70 bits per heavy atom. The van der Waals surface area contributed by atoms with E-state index in [4.69, 9.17) is 9.84 Å². The molecule has 1 rings (SSSR count). The summed E-state index contributed by atoms with van der Waals surface area (Å²) in [6.07, 6.45) is 5.64. The third kappa shape index (κ3) is 5.77. The predicted molar refractivity (Wildman–Crippen MR) is 75.6 cm³/mol. The van der Waals surface area contributed by atoms with Gasteiger partial charge in [-0.3, -0.25) is 4.79 Å². The smallest absolute Gasteiger partial charge is 0.315 e. The Morgan fingerprint density at radius 2 is 2.05 bits per heavy atom. The van der Waals surface area contributed by atoms with E-state index in [1.165, 1.54) is 19.3 Å². The highest BCUT2D eigenvalue weighted by Crippen LogP contribution is 2.13. The molecule has 1 aliphatic rings. The molecule has 1 heterocycles. The molecular formula is C14H26N2O4. The van der Waals surface area contributed by atoms with Gasteiger partial charge < -0.3 is 20.5 Å². The number of rotatable bonds is 8. The molecule has 0 aromatic carbocycles. The molecule has 0 aliphatic carbocycles. The van der Waals surface area contributed by atoms with E-state index >= 15 is 0 Å². The number of unbranched alkanes of at least 4 members (excludes halogenated alkanes) is 3. The van der Waals surface area contributed by atoms with Crippen molar-refractivity contribution in [3.8, 4) is 0 Å². The fraction of sp³-hybridized carbons (Fsp3) is 0.857. The van der Waals surface area contributed by atoms with Crippen LogP contribution in [0.4, 0.5) is 4.79 Å². The second-order valence-corrected chi connectivity index (χ2v) is 5.46. The van der Waals surface area contributed by atoms with E-state index < -0.39 is 17.9 Å². The van der Waals surface area contributed by atoms with Crippen LogP contribution < -0.4 is 10.6 Å². The lowest BCUT2D eigenvalue weighted by Crippen LogP contribution is -2.49. The highest BCUT2D eigenvalue weighted by atomic mass is 16.5. The lowest BCUT2D eigenvalue weighted by atomic mass is 10.0. The van der Waals surface area contributed by atoms with E-state index in [9.17, 15) is 9.59 Å². The van der Waals surface area contributed by atoms with Crippen molar-refractivity contribution in [3.63, 3.8) is 0 Å². The van der Waals surface area contributed by atoms with Crippen LogP contribution in [0.3, 0.4) is 0 Å². The Bertz CT molecular complexity index is 322. The maximum atomic E-state index is 11.8. The average Bonchev–Trinajstić information content (AvgIpc) is 2.82. The average molecular weight is 286 g/mol. The minimum Gasteiger partial charge on any atom is -0.481 e. The SMILES string of the molecule is CCCCCCC(C)NC(=O)NC1COCC1C(=O)O. The zero-order chi connectivity index (χ0) is 15.0. The van der Waals surface area contributed by atoms with Crippen molar-refractivity contribution in [2.75, 3.05) is 13.2 Å². The van der Waals surface area contributed by atoms with Crippen LogP contribution >= 0.6 is 0 Å². The molecule has 2 amide bonds. The number of hydrogen-bond acceptors (Lipinski definition) is 3. The van der Waals surface area contributed by atoms with Gasteiger partial charge in [0.05, 0.1) is 19.3 Å². The van der Waals surface area contributed by atoms with E-state index in [-0.39, 0.29) is 25.3 Å². The topological polar surface area (TPSA) is 87.7 Å². The number of aliphatic carboxylic acids is 1. The van der Waals surface area contributed by atoms with Crippen molar-refractivity contribution in [3.05, 3.63) is 0 Å². The van der Waals surface area contributed by atoms with Crippen molar-refractivity contribution in [1.82, 2.24) is 10.6 Å². The quantitative estimate of drug-likeness (QED) is 0.593. The molecule has 6 nitrogen and oxygen atoms in total. The van der Waals surface area contributed by atoms with Crippen LogP contribution in [0.2, 0.25) is 0 Å². The highest BCUT2D eigenvalue weighted by molar-refractivity contribution is 5.77. The fourth-order valence-electron chi connectivity index (χ4n) is 2.32. The summed E-state index contributed by atoms with van der Waals surface area (Å²) in [5, 5.41) is 14.5. The molecule has 3 unspecified atom stereocenters. The molecule has 0 radical (unpaired) electrons. The molecule has 1 saturated heterocycles. The van der Waals surface area contributed by atoms with Crippen LogP contribution in [0.1, 0.15) is 46.0 Å². The highest BCUT2D eigenvalue weighted by Gasteiger charge is 2.35. The van der Waals surface area contributed by atoms with Gasteiger partial charge in [-0.15, -0.1) is 0 Å². The number of carbonyl (C=O) groups is 2. The number of carboxylic acid groups (broad SMARTS) is 1. The number of carbonyl (C=O) groups excluding carboxylic acids is 1. The van der Waals surface area contributed by atoms with Gasteiger partial charge >= 0.3 is 12.0 Å². The van der Waals surface area contributed by atoms with E-state index in [0.29, 0.717) is 0 Å². The summed E-state index contributed by atoms with van der Waals surface area (Å²) in [6, 6.07) is -0.660. The molecule has 0 bridgehead atoms. The van der Waals surface area contributed by atoms with Gasteiger partial charge in [0.15, 0.2) is 0 Å². The third-order valence-electron chi connectivity index (χ3n) is 3.58. The van der Waals surface area contributed by atoms with Crippen LogP contribution in [0.5, 0.6) is 0 Å². The molecule has 0 aromatic rings. The summed E-state index contributed by atoms with van der Waals surface area (Å²) in [5.41, 5.74) is 0. The second-order valence-electron chi connectivity index (χ2n) is 5.46. The molecule has 20 heavy (non-hydrogen) atoms. The van der Waals surface area contributed by atoms with E-state index in [1.807, 2.05) is 6.92 Å². The molecular weight excluding hydrogens is 260 g/mol. The monoisotopic (exact) mass is 286 g/mol. The van der Waals surface area contributed by atoms with Gasteiger partial charge in [0.2, 0.25) is 0 Å². The number of amides is 2. The van der Waals surface area contributed by atoms with E-state index in [2.05, 4.69) is 17.6 Å². The zero-order valence-electron chi connectivity index (χ0n) is 12.4. The first kappa shape index (κ1) is 16.8. The maximum absolute atomic E-state index is 11.8. The molecule has 116 valence electrons. The molecule has 0 spiro atoms. The van der Waals surface area contributed by atoms with Gasteiger partial charge in [0.25, 0.3) is 0 Å². The number of carboxylic acids is 1. The Hall–Kier alpha value is -1.30. The van der Waals surface area contributed by atoms with Gasteiger partial charge in [-0.25, -0.2) is 4.79 Å². The Kier molecular flexibility index (Phi) is 7.36. The van der Waals surface area contributed by atoms with Crippen LogP contribution in [-0.2, 0) is 9.53 Å². The summed E-state index contributed by atoms with van der Waals surface area (Å²) in [5.74, 6) is -1.58. The van der Waals surface area contributed by atoms with Crippen molar-refractivity contribution in [2.45, 2.75) is 58.0 Å². The third-order valence-corrected chi connectivity index (χ3v) is 3.58. The second kappa shape index (κ2) is 8.79. The lowest BCUT2D eigenvalue weighted by Gasteiger charge is -2.19. The Labute approximate surface area is 120 Å². The van der Waals surface area contributed by atoms with Gasteiger partial charge in [-0.2, -0.15) is 0 Å². The summed E-state index contributed by atoms with van der Waals surface area (Å²) in [6.45, 7) is 4.55. The van der Waals surface area contributed by atoms with Crippen molar-refractivity contribution < 1.29 is 19.4 Å². The zero-order valence-corrected chi connectivity index (χ0v) is 12.4. The maximum Gasteiger partial charge on any atom is 0.315 e. The van der Waals surface area contributed by atoms with E-state index in [0.717, 1.165) is 12.8 Å². The number of nitrogens with one attached hydrogen (secondary N) is 2. The molecule has 3 N–H and O–H groups in total. The summed E-state index contributed by atoms with van der Waals surface area (Å²) in [7, 11) is 0. The number of ether oxygens (including phenoxy) is 1. The van der Waals surface area contributed by atoms with E-state index in [1.54, 1.807) is 0 Å². The number of hydrogen-bond donors (Lipinski definition) is 3. The van der Waals surface area contributed by atoms with Gasteiger partial charge in [-0.1, -0.05) is 32.6 Å². The first-order valence-corrected chi connectivity index (χ1v) is 7.42. The Balaban J connectivity index is 2.23. The molecule has 1 aliphatic heterocycles. The molecule has 3 atom stereocenters. The Morgan fingerprint density at radius 1 is 1.30 bits per heavy atom. The van der Waals surface area contributed by atoms with Gasteiger partial charge in [-0.05, 0) is 13.3 Å². The molecule has 0 aromatic heterocycles. The first-order chi connectivity index (χ1) is 9.54. The van der Waals surface area contributed by atoms with Crippen molar-refractivity contribution in [2.24, 2.45) is 5.92 Å². The molecule has 6 heteroatoms. The lowest BCUT2D eigenvalue weighted by molar-refractivity contribution is -0.142.